The van der Waals surface area contributed by atoms with E-state index in [1.165, 1.54) is 0 Å². The van der Waals surface area contributed by atoms with Crippen molar-refractivity contribution in [2.75, 3.05) is 6.54 Å². The number of H-pyrrole nitrogens is 2. The number of hydrogen-bond acceptors (Lipinski definition) is 4. The van der Waals surface area contributed by atoms with Crippen LogP contribution in [0, 0.1) is 0 Å². The molecule has 2 aromatic carbocycles. The van der Waals surface area contributed by atoms with Gasteiger partial charge in [0.1, 0.15) is 6.54 Å². The third-order valence-electron chi connectivity index (χ3n) is 5.57. The number of aromatic nitrogens is 3. The molecule has 5 aromatic rings. The van der Waals surface area contributed by atoms with E-state index >= 15 is 0 Å². The van der Waals surface area contributed by atoms with Gasteiger partial charge in [0.15, 0.2) is 0 Å². The Morgan fingerprint density at radius 2 is 1.72 bits per heavy atom. The second-order valence-corrected chi connectivity index (χ2v) is 8.52. The molecule has 3 aromatic heterocycles. The summed E-state index contributed by atoms with van der Waals surface area (Å²) >= 11 is 1.63. The average Bonchev–Trinajstić information content (AvgIpc) is 3.49. The van der Waals surface area contributed by atoms with Gasteiger partial charge in [-0.2, -0.15) is 0 Å². The number of amides is 1. The first-order valence-corrected chi connectivity index (χ1v) is 11.1. The summed E-state index contributed by atoms with van der Waals surface area (Å²) in [7, 11) is 0. The molecule has 0 radical (unpaired) electrons. The van der Waals surface area contributed by atoms with Crippen LogP contribution in [0.1, 0.15) is 16.4 Å². The maximum Gasteiger partial charge on any atom is 0.273 e. The molecule has 8 heteroatoms. The Morgan fingerprint density at radius 3 is 2.50 bits per heavy atom. The summed E-state index contributed by atoms with van der Waals surface area (Å²) in [4.78, 5) is 42.1. The molecule has 3 N–H and O–H groups in total. The SMILES string of the molecule is O=C(Cn1[nH]c(=O)c2ccccc2c1=O)NC[C@H](c1cccs1)c1c[nH]c2ccccc12. The van der Waals surface area contributed by atoms with Crippen molar-refractivity contribution in [3.05, 3.63) is 103 Å². The van der Waals surface area contributed by atoms with Gasteiger partial charge in [-0.05, 0) is 35.2 Å². The van der Waals surface area contributed by atoms with Crippen LogP contribution in [0.15, 0.2) is 81.8 Å². The third-order valence-corrected chi connectivity index (χ3v) is 6.56. The van der Waals surface area contributed by atoms with Gasteiger partial charge in [0.25, 0.3) is 11.1 Å². The van der Waals surface area contributed by atoms with Gasteiger partial charge in [-0.25, -0.2) is 4.68 Å². The van der Waals surface area contributed by atoms with Crippen LogP contribution in [0.4, 0.5) is 0 Å². The van der Waals surface area contributed by atoms with Gasteiger partial charge in [-0.1, -0.05) is 36.4 Å². The molecule has 160 valence electrons. The van der Waals surface area contributed by atoms with E-state index in [4.69, 9.17) is 0 Å². The molecule has 0 saturated carbocycles. The Labute approximate surface area is 186 Å². The number of rotatable bonds is 6. The molecule has 0 bridgehead atoms. The number of hydrogen-bond donors (Lipinski definition) is 3. The van der Waals surface area contributed by atoms with E-state index in [9.17, 15) is 14.4 Å². The molecule has 0 aliphatic rings. The van der Waals surface area contributed by atoms with Crippen LogP contribution in [0.5, 0.6) is 0 Å². The highest BCUT2D eigenvalue weighted by molar-refractivity contribution is 7.10. The van der Waals surface area contributed by atoms with Gasteiger partial charge in [-0.15, -0.1) is 11.3 Å². The number of fused-ring (bicyclic) bond motifs is 2. The van der Waals surface area contributed by atoms with Crippen molar-refractivity contribution >= 4 is 38.9 Å². The number of thiophene rings is 1. The predicted molar refractivity (Wildman–Crippen MR) is 126 cm³/mol. The van der Waals surface area contributed by atoms with E-state index in [0.717, 1.165) is 26.0 Å². The Bertz CT molecular complexity index is 1530. The minimum atomic E-state index is -0.401. The van der Waals surface area contributed by atoms with Crippen LogP contribution < -0.4 is 16.4 Å². The molecule has 7 nitrogen and oxygen atoms in total. The predicted octanol–water partition coefficient (Wildman–Crippen LogP) is 3.18. The standard InChI is InChI=1S/C24H20N4O3S/c29-22(14-28-24(31)17-8-2-1-7-16(17)23(30)27-28)26-13-19(21-10-5-11-32-21)18-12-25-20-9-4-3-6-15(18)20/h1-12,19,25H,13-14H2,(H,26,29)(H,27,30)/t19-/m0/s1. The van der Waals surface area contributed by atoms with Gasteiger partial charge in [0, 0.05) is 34.4 Å². The number of carbonyl (C=O) groups is 1. The lowest BCUT2D eigenvalue weighted by atomic mass is 9.96. The maximum atomic E-state index is 12.7. The van der Waals surface area contributed by atoms with Crippen molar-refractivity contribution in [2.24, 2.45) is 0 Å². The molecule has 0 saturated heterocycles. The van der Waals surface area contributed by atoms with Crippen LogP contribution in [-0.2, 0) is 11.3 Å². The minimum Gasteiger partial charge on any atom is -0.361 e. The van der Waals surface area contributed by atoms with Gasteiger partial charge in [0.2, 0.25) is 5.91 Å². The highest BCUT2D eigenvalue weighted by Gasteiger charge is 2.20. The van der Waals surface area contributed by atoms with Crippen molar-refractivity contribution in [1.82, 2.24) is 20.1 Å². The lowest BCUT2D eigenvalue weighted by molar-refractivity contribution is -0.121. The third kappa shape index (κ3) is 3.65. The number of nitrogens with zero attached hydrogens (tertiary/aromatic N) is 1. The molecule has 3 heterocycles. The highest BCUT2D eigenvalue weighted by Crippen LogP contribution is 2.32. The van der Waals surface area contributed by atoms with Crippen LogP contribution in [0.25, 0.3) is 21.7 Å². The van der Waals surface area contributed by atoms with E-state index in [2.05, 4.69) is 27.5 Å². The molecular weight excluding hydrogens is 424 g/mol. The van der Waals surface area contributed by atoms with Crippen LogP contribution in [0.3, 0.4) is 0 Å². The van der Waals surface area contributed by atoms with E-state index in [0.29, 0.717) is 17.3 Å². The molecule has 5 rings (SSSR count). The van der Waals surface area contributed by atoms with Gasteiger partial charge >= 0.3 is 0 Å². The number of aromatic amines is 2. The summed E-state index contributed by atoms with van der Waals surface area (Å²) in [5.41, 5.74) is 1.33. The molecule has 0 unspecified atom stereocenters. The summed E-state index contributed by atoms with van der Waals surface area (Å²) < 4.78 is 1.06. The van der Waals surface area contributed by atoms with Crippen molar-refractivity contribution in [3.63, 3.8) is 0 Å². The Balaban J connectivity index is 1.39. The molecular formula is C24H20N4O3S. The molecule has 0 spiro atoms. The van der Waals surface area contributed by atoms with Crippen molar-refractivity contribution in [3.8, 4) is 0 Å². The summed E-state index contributed by atoms with van der Waals surface area (Å²) in [6.45, 7) is 0.109. The number of nitrogens with one attached hydrogen (secondary N) is 3. The highest BCUT2D eigenvalue weighted by atomic mass is 32.1. The molecule has 0 aliphatic carbocycles. The number of carbonyl (C=O) groups excluding carboxylic acids is 1. The van der Waals surface area contributed by atoms with E-state index < -0.39 is 11.1 Å². The van der Waals surface area contributed by atoms with Crippen LogP contribution in [0.2, 0.25) is 0 Å². The zero-order valence-electron chi connectivity index (χ0n) is 17.0. The molecule has 1 atom stereocenters. The lowest BCUT2D eigenvalue weighted by Gasteiger charge is -2.16. The van der Waals surface area contributed by atoms with Gasteiger partial charge in [0.05, 0.1) is 10.8 Å². The summed E-state index contributed by atoms with van der Waals surface area (Å²) in [6.07, 6.45) is 1.98. The van der Waals surface area contributed by atoms with Crippen molar-refractivity contribution in [1.29, 1.82) is 0 Å². The van der Waals surface area contributed by atoms with Crippen LogP contribution >= 0.6 is 11.3 Å². The van der Waals surface area contributed by atoms with E-state index in [1.54, 1.807) is 35.6 Å². The second kappa shape index (κ2) is 8.32. The largest absolute Gasteiger partial charge is 0.361 e. The summed E-state index contributed by atoms with van der Waals surface area (Å²) in [5, 5.41) is 9.16. The fourth-order valence-corrected chi connectivity index (χ4v) is 4.85. The van der Waals surface area contributed by atoms with E-state index in [-0.39, 0.29) is 18.4 Å². The number of benzene rings is 2. The smallest absolute Gasteiger partial charge is 0.273 e. The fourth-order valence-electron chi connectivity index (χ4n) is 4.01. The molecule has 1 amide bonds. The van der Waals surface area contributed by atoms with E-state index in [1.807, 2.05) is 35.8 Å². The first-order chi connectivity index (χ1) is 15.6. The normalized spacial score (nSPS) is 12.2. The minimum absolute atomic E-state index is 0.0394. The van der Waals surface area contributed by atoms with Crippen LogP contribution in [-0.4, -0.2) is 27.2 Å². The maximum absolute atomic E-state index is 12.7. The summed E-state index contributed by atoms with van der Waals surface area (Å²) in [6, 6.07) is 18.7. The molecule has 0 fully saturated rings. The second-order valence-electron chi connectivity index (χ2n) is 7.54. The zero-order chi connectivity index (χ0) is 22.1. The molecule has 0 aliphatic heterocycles. The first kappa shape index (κ1) is 20.0. The van der Waals surface area contributed by atoms with Crippen molar-refractivity contribution < 1.29 is 4.79 Å². The van der Waals surface area contributed by atoms with Gasteiger partial charge < -0.3 is 10.3 Å². The summed E-state index contributed by atoms with van der Waals surface area (Å²) in [5.74, 6) is -0.387. The topological polar surface area (TPSA) is 99.8 Å². The first-order valence-electron chi connectivity index (χ1n) is 10.2. The molecule has 32 heavy (non-hydrogen) atoms. The number of para-hydroxylation sites is 1. The Hall–Kier alpha value is -3.91. The van der Waals surface area contributed by atoms with Gasteiger partial charge in [-0.3, -0.25) is 19.5 Å². The zero-order valence-corrected chi connectivity index (χ0v) is 17.8. The lowest BCUT2D eigenvalue weighted by Crippen LogP contribution is -2.38. The average molecular weight is 445 g/mol. The Kier molecular flexibility index (Phi) is 5.20. The fraction of sp³-hybridized carbons (Fsp3) is 0.125. The Morgan fingerprint density at radius 1 is 0.969 bits per heavy atom. The quantitative estimate of drug-likeness (QED) is 0.375. The van der Waals surface area contributed by atoms with Crippen molar-refractivity contribution in [2.45, 2.75) is 12.5 Å². The monoisotopic (exact) mass is 444 g/mol.